The van der Waals surface area contributed by atoms with Crippen molar-refractivity contribution in [3.05, 3.63) is 0 Å². The van der Waals surface area contributed by atoms with Crippen molar-refractivity contribution >= 4 is 0 Å². The van der Waals surface area contributed by atoms with Crippen molar-refractivity contribution in [1.29, 1.82) is 0 Å². The monoisotopic (exact) mass is 144 g/mol. The molecule has 2 heterocycles. The van der Waals surface area contributed by atoms with Gasteiger partial charge in [-0.2, -0.15) is 0 Å². The number of hydrogen-bond donors (Lipinski definition) is 1. The molecule has 0 radical (unpaired) electrons. The van der Waals surface area contributed by atoms with Gasteiger partial charge in [-0.1, -0.05) is 6.92 Å². The largest absolute Gasteiger partial charge is 0.390 e. The number of ether oxygens (including phenoxy) is 2. The SMILES string of the molecule is C[C@H]1C[C@@H](O)[C@H]2CO[C@@H]1O2. The Balaban J connectivity index is 2.09. The van der Waals surface area contributed by atoms with Gasteiger partial charge in [-0.3, -0.25) is 0 Å². The summed E-state index contributed by atoms with van der Waals surface area (Å²) in [6.45, 7) is 2.60. The molecule has 10 heavy (non-hydrogen) atoms. The fraction of sp³-hybridized carbons (Fsp3) is 1.00. The molecule has 0 saturated carbocycles. The number of hydrogen-bond acceptors (Lipinski definition) is 3. The molecular weight excluding hydrogens is 132 g/mol. The van der Waals surface area contributed by atoms with E-state index in [2.05, 4.69) is 0 Å². The van der Waals surface area contributed by atoms with Gasteiger partial charge >= 0.3 is 0 Å². The molecule has 0 aromatic carbocycles. The highest BCUT2D eigenvalue weighted by atomic mass is 16.7. The number of rotatable bonds is 0. The van der Waals surface area contributed by atoms with Crippen LogP contribution >= 0.6 is 0 Å². The Bertz CT molecular complexity index is 123. The Labute approximate surface area is 59.9 Å². The molecule has 3 heteroatoms. The van der Waals surface area contributed by atoms with E-state index in [1.54, 1.807) is 0 Å². The third-order valence-electron chi connectivity index (χ3n) is 2.24. The number of aliphatic hydroxyl groups excluding tert-OH is 1. The Morgan fingerprint density at radius 1 is 1.50 bits per heavy atom. The molecule has 2 aliphatic rings. The fourth-order valence-corrected chi connectivity index (χ4v) is 1.58. The average molecular weight is 144 g/mol. The van der Waals surface area contributed by atoms with Crippen molar-refractivity contribution in [3.63, 3.8) is 0 Å². The summed E-state index contributed by atoms with van der Waals surface area (Å²) in [5.41, 5.74) is 0. The first-order valence-corrected chi connectivity index (χ1v) is 3.72. The normalized spacial score (nSPS) is 53.4. The van der Waals surface area contributed by atoms with Crippen molar-refractivity contribution in [2.75, 3.05) is 6.61 Å². The van der Waals surface area contributed by atoms with E-state index in [-0.39, 0.29) is 18.5 Å². The van der Waals surface area contributed by atoms with Crippen LogP contribution in [0.1, 0.15) is 13.3 Å². The maximum atomic E-state index is 9.36. The van der Waals surface area contributed by atoms with Gasteiger partial charge in [0.25, 0.3) is 0 Å². The minimum Gasteiger partial charge on any atom is -0.390 e. The lowest BCUT2D eigenvalue weighted by atomic mass is 9.98. The second-order valence-electron chi connectivity index (χ2n) is 3.16. The minimum absolute atomic E-state index is 0.0478. The molecule has 2 fully saturated rings. The zero-order valence-corrected chi connectivity index (χ0v) is 5.99. The first kappa shape index (κ1) is 6.58. The van der Waals surface area contributed by atoms with Gasteiger partial charge in [0.15, 0.2) is 6.29 Å². The van der Waals surface area contributed by atoms with Crippen LogP contribution in [0.2, 0.25) is 0 Å². The summed E-state index contributed by atoms with van der Waals surface area (Å²) in [5, 5.41) is 9.36. The van der Waals surface area contributed by atoms with Crippen molar-refractivity contribution in [3.8, 4) is 0 Å². The van der Waals surface area contributed by atoms with Gasteiger partial charge in [0, 0.05) is 5.92 Å². The highest BCUT2D eigenvalue weighted by Crippen LogP contribution is 2.31. The van der Waals surface area contributed by atoms with Crippen molar-refractivity contribution in [2.24, 2.45) is 5.92 Å². The van der Waals surface area contributed by atoms with Crippen LogP contribution in [0, 0.1) is 5.92 Å². The molecular formula is C7H12O3. The van der Waals surface area contributed by atoms with E-state index in [0.29, 0.717) is 12.5 Å². The predicted molar refractivity (Wildman–Crippen MR) is 34.4 cm³/mol. The van der Waals surface area contributed by atoms with Crippen LogP contribution in [-0.4, -0.2) is 30.2 Å². The van der Waals surface area contributed by atoms with Crippen LogP contribution in [0.3, 0.4) is 0 Å². The standard InChI is InChI=1S/C7H12O3/c1-4-2-5(8)6-3-9-7(4)10-6/h4-8H,2-3H2,1H3/t4-,5+,6+,7+/m0/s1. The number of fused-ring (bicyclic) bond motifs is 2. The lowest BCUT2D eigenvalue weighted by Gasteiger charge is -2.28. The van der Waals surface area contributed by atoms with E-state index < -0.39 is 0 Å². The van der Waals surface area contributed by atoms with E-state index in [1.165, 1.54) is 0 Å². The molecule has 0 aliphatic carbocycles. The molecule has 58 valence electrons. The quantitative estimate of drug-likeness (QED) is 0.525. The van der Waals surface area contributed by atoms with Crippen molar-refractivity contribution in [1.82, 2.24) is 0 Å². The average Bonchev–Trinajstić information content (AvgIpc) is 2.28. The smallest absolute Gasteiger partial charge is 0.160 e. The zero-order valence-electron chi connectivity index (χ0n) is 5.99. The van der Waals surface area contributed by atoms with E-state index in [1.807, 2.05) is 6.92 Å². The molecule has 3 nitrogen and oxygen atoms in total. The molecule has 2 saturated heterocycles. The molecule has 0 aromatic rings. The predicted octanol–water partition coefficient (Wildman–Crippen LogP) is 0.129. The molecule has 4 atom stereocenters. The first-order valence-electron chi connectivity index (χ1n) is 3.72. The molecule has 1 N–H and O–H groups in total. The molecule has 2 aliphatic heterocycles. The Kier molecular flexibility index (Phi) is 1.44. The molecule has 2 rings (SSSR count). The summed E-state index contributed by atoms with van der Waals surface area (Å²) < 4.78 is 10.6. The second kappa shape index (κ2) is 2.19. The third kappa shape index (κ3) is 0.856. The molecule has 0 aromatic heterocycles. The Morgan fingerprint density at radius 3 is 3.10 bits per heavy atom. The van der Waals surface area contributed by atoms with Crippen LogP contribution in [0.15, 0.2) is 0 Å². The fourth-order valence-electron chi connectivity index (χ4n) is 1.58. The van der Waals surface area contributed by atoms with Crippen LogP contribution < -0.4 is 0 Å². The van der Waals surface area contributed by atoms with E-state index in [0.717, 1.165) is 6.42 Å². The third-order valence-corrected chi connectivity index (χ3v) is 2.24. The lowest BCUT2D eigenvalue weighted by molar-refractivity contribution is -0.149. The van der Waals surface area contributed by atoms with Crippen molar-refractivity contribution < 1.29 is 14.6 Å². The molecule has 2 bridgehead atoms. The van der Waals surface area contributed by atoms with Gasteiger partial charge in [-0.25, -0.2) is 0 Å². The van der Waals surface area contributed by atoms with Crippen molar-refractivity contribution in [2.45, 2.75) is 31.8 Å². The van der Waals surface area contributed by atoms with E-state index >= 15 is 0 Å². The minimum atomic E-state index is -0.311. The first-order chi connectivity index (χ1) is 4.77. The van der Waals surface area contributed by atoms with Crippen LogP contribution in [0.5, 0.6) is 0 Å². The second-order valence-corrected chi connectivity index (χ2v) is 3.16. The maximum absolute atomic E-state index is 9.36. The highest BCUT2D eigenvalue weighted by Gasteiger charge is 2.40. The van der Waals surface area contributed by atoms with Crippen LogP contribution in [0.4, 0.5) is 0 Å². The zero-order chi connectivity index (χ0) is 7.14. The summed E-state index contributed by atoms with van der Waals surface area (Å²) in [6.07, 6.45) is 0.401. The summed E-state index contributed by atoms with van der Waals surface area (Å²) in [7, 11) is 0. The van der Waals surface area contributed by atoms with E-state index in [9.17, 15) is 5.11 Å². The van der Waals surface area contributed by atoms with Gasteiger partial charge in [0.2, 0.25) is 0 Å². The van der Waals surface area contributed by atoms with Gasteiger partial charge in [0.1, 0.15) is 6.10 Å². The molecule has 0 spiro atoms. The summed E-state index contributed by atoms with van der Waals surface area (Å²) in [4.78, 5) is 0. The van der Waals surface area contributed by atoms with Gasteiger partial charge < -0.3 is 14.6 Å². The lowest BCUT2D eigenvalue weighted by Crippen LogP contribution is -2.37. The van der Waals surface area contributed by atoms with Crippen LogP contribution in [0.25, 0.3) is 0 Å². The maximum Gasteiger partial charge on any atom is 0.160 e. The highest BCUT2D eigenvalue weighted by molar-refractivity contribution is 4.83. The summed E-state index contributed by atoms with van der Waals surface area (Å²) >= 11 is 0. The van der Waals surface area contributed by atoms with Gasteiger partial charge in [0.05, 0.1) is 12.7 Å². The van der Waals surface area contributed by atoms with Gasteiger partial charge in [-0.15, -0.1) is 0 Å². The number of aliphatic hydroxyl groups is 1. The molecule has 0 unspecified atom stereocenters. The Hall–Kier alpha value is -0.120. The summed E-state index contributed by atoms with van der Waals surface area (Å²) in [6, 6.07) is 0. The van der Waals surface area contributed by atoms with E-state index in [4.69, 9.17) is 9.47 Å². The Morgan fingerprint density at radius 2 is 2.30 bits per heavy atom. The topological polar surface area (TPSA) is 38.7 Å². The van der Waals surface area contributed by atoms with Crippen LogP contribution in [-0.2, 0) is 9.47 Å². The van der Waals surface area contributed by atoms with Gasteiger partial charge in [-0.05, 0) is 6.42 Å². The molecule has 0 amide bonds. The summed E-state index contributed by atoms with van der Waals surface area (Å²) in [5.74, 6) is 0.341.